The van der Waals surface area contributed by atoms with E-state index in [2.05, 4.69) is 6.92 Å². The lowest BCUT2D eigenvalue weighted by atomic mass is 9.60. The van der Waals surface area contributed by atoms with E-state index >= 15 is 0 Å². The number of rotatable bonds is 10. The molecule has 4 saturated carbocycles. The summed E-state index contributed by atoms with van der Waals surface area (Å²) >= 11 is 0. The molecule has 0 amide bonds. The molecule has 0 aliphatic heterocycles. The molecule has 0 spiro atoms. The summed E-state index contributed by atoms with van der Waals surface area (Å²) < 4.78 is 0. The van der Waals surface area contributed by atoms with Gasteiger partial charge in [-0.2, -0.15) is 0 Å². The van der Waals surface area contributed by atoms with Gasteiger partial charge in [0.05, 0.1) is 0 Å². The van der Waals surface area contributed by atoms with Gasteiger partial charge in [0, 0.05) is 0 Å². The average Bonchev–Trinajstić information content (AvgIpc) is 3.24. The Bertz CT molecular complexity index is 425. The van der Waals surface area contributed by atoms with E-state index in [0.717, 1.165) is 41.4 Å². The van der Waals surface area contributed by atoms with Crippen molar-refractivity contribution in [1.82, 2.24) is 0 Å². The van der Waals surface area contributed by atoms with Crippen molar-refractivity contribution < 1.29 is 0 Å². The van der Waals surface area contributed by atoms with Crippen molar-refractivity contribution in [1.29, 1.82) is 0 Å². The fourth-order valence-corrected chi connectivity index (χ4v) is 8.04. The SMILES string of the molecule is CCCCCCCC(CC1CCC2CCC2C1)C1CCC(C2CCCC2)CC1. The molecule has 0 bridgehead atoms. The number of unbranched alkanes of at least 4 members (excludes halogenated alkanes) is 4. The van der Waals surface area contributed by atoms with Gasteiger partial charge in [-0.15, -0.1) is 0 Å². The fourth-order valence-electron chi connectivity index (χ4n) is 8.04. The van der Waals surface area contributed by atoms with Gasteiger partial charge in [0.1, 0.15) is 0 Å². The summed E-state index contributed by atoms with van der Waals surface area (Å²) in [5.74, 6) is 7.86. The highest BCUT2D eigenvalue weighted by Crippen LogP contribution is 2.50. The molecule has 4 atom stereocenters. The molecule has 0 heterocycles. The first-order valence-corrected chi connectivity index (χ1v) is 13.8. The van der Waals surface area contributed by atoms with Crippen LogP contribution >= 0.6 is 0 Å². The molecule has 0 aromatic rings. The second-order valence-electron chi connectivity index (χ2n) is 11.7. The third-order valence-electron chi connectivity index (χ3n) is 10.0. The summed E-state index contributed by atoms with van der Waals surface area (Å²) in [7, 11) is 0. The summed E-state index contributed by atoms with van der Waals surface area (Å²) in [5, 5.41) is 0. The van der Waals surface area contributed by atoms with Crippen LogP contribution in [0.25, 0.3) is 0 Å². The van der Waals surface area contributed by atoms with Gasteiger partial charge in [-0.3, -0.25) is 0 Å². The van der Waals surface area contributed by atoms with Crippen LogP contribution in [-0.4, -0.2) is 0 Å². The van der Waals surface area contributed by atoms with Gasteiger partial charge in [-0.25, -0.2) is 0 Å². The summed E-state index contributed by atoms with van der Waals surface area (Å²) in [6.07, 6.45) is 31.1. The molecule has 0 nitrogen and oxygen atoms in total. The third kappa shape index (κ3) is 5.57. The maximum absolute atomic E-state index is 2.35. The van der Waals surface area contributed by atoms with E-state index in [1.54, 1.807) is 83.5 Å². The highest BCUT2D eigenvalue weighted by atomic mass is 14.4. The minimum atomic E-state index is 1.09. The zero-order valence-corrected chi connectivity index (χ0v) is 19.2. The standard InChI is InChI=1S/C28H50/c1-2-3-4-5-6-11-27(20-22-12-13-25-18-19-28(25)21-22)26-16-14-24(15-17-26)23-9-7-8-10-23/h22-28H,2-21H2,1H3. The quantitative estimate of drug-likeness (QED) is 0.328. The first-order chi connectivity index (χ1) is 13.8. The van der Waals surface area contributed by atoms with Crippen molar-refractivity contribution in [3.8, 4) is 0 Å². The van der Waals surface area contributed by atoms with Crippen molar-refractivity contribution >= 4 is 0 Å². The first kappa shape index (κ1) is 21.2. The summed E-state index contributed by atoms with van der Waals surface area (Å²) in [6.45, 7) is 2.35. The molecule has 4 fully saturated rings. The normalized spacial score (nSPS) is 37.4. The molecule has 162 valence electrons. The van der Waals surface area contributed by atoms with Crippen LogP contribution in [0.4, 0.5) is 0 Å². The first-order valence-electron chi connectivity index (χ1n) is 13.8. The van der Waals surface area contributed by atoms with Crippen LogP contribution in [0.2, 0.25) is 0 Å². The molecule has 4 unspecified atom stereocenters. The van der Waals surface area contributed by atoms with Crippen molar-refractivity contribution in [3.63, 3.8) is 0 Å². The van der Waals surface area contributed by atoms with Gasteiger partial charge in [0.2, 0.25) is 0 Å². The van der Waals surface area contributed by atoms with Gasteiger partial charge < -0.3 is 0 Å². The van der Waals surface area contributed by atoms with E-state index in [9.17, 15) is 0 Å². The molecular formula is C28H50. The number of hydrogen-bond donors (Lipinski definition) is 0. The largest absolute Gasteiger partial charge is 0.0654 e. The van der Waals surface area contributed by atoms with Crippen LogP contribution in [0.3, 0.4) is 0 Å². The Morgan fingerprint density at radius 3 is 1.89 bits per heavy atom. The molecule has 4 rings (SSSR count). The van der Waals surface area contributed by atoms with Crippen LogP contribution in [-0.2, 0) is 0 Å². The molecule has 0 N–H and O–H groups in total. The third-order valence-corrected chi connectivity index (χ3v) is 10.0. The second-order valence-corrected chi connectivity index (χ2v) is 11.7. The van der Waals surface area contributed by atoms with Gasteiger partial charge in [0.25, 0.3) is 0 Å². The zero-order valence-electron chi connectivity index (χ0n) is 19.2. The van der Waals surface area contributed by atoms with Crippen molar-refractivity contribution in [2.75, 3.05) is 0 Å². The predicted octanol–water partition coefficient (Wildman–Crippen LogP) is 9.18. The Balaban J connectivity index is 1.26. The maximum atomic E-state index is 2.35. The highest BCUT2D eigenvalue weighted by Gasteiger charge is 2.38. The fraction of sp³-hybridized carbons (Fsp3) is 1.00. The Hall–Kier alpha value is 0. The van der Waals surface area contributed by atoms with Crippen LogP contribution in [0.1, 0.15) is 135 Å². The number of hydrogen-bond acceptors (Lipinski definition) is 0. The van der Waals surface area contributed by atoms with Crippen LogP contribution < -0.4 is 0 Å². The van der Waals surface area contributed by atoms with Crippen LogP contribution in [0, 0.1) is 41.4 Å². The Morgan fingerprint density at radius 2 is 1.21 bits per heavy atom. The van der Waals surface area contributed by atoms with Gasteiger partial charge in [-0.1, -0.05) is 77.6 Å². The predicted molar refractivity (Wildman–Crippen MR) is 122 cm³/mol. The highest BCUT2D eigenvalue weighted by molar-refractivity contribution is 4.90. The molecule has 0 radical (unpaired) electrons. The molecular weight excluding hydrogens is 336 g/mol. The zero-order chi connectivity index (χ0) is 19.2. The smallest absolute Gasteiger partial charge is 0.0383 e. The van der Waals surface area contributed by atoms with Crippen LogP contribution in [0.5, 0.6) is 0 Å². The molecule has 4 aliphatic carbocycles. The molecule has 4 aliphatic rings. The van der Waals surface area contributed by atoms with Gasteiger partial charge >= 0.3 is 0 Å². The minimum Gasteiger partial charge on any atom is -0.0654 e. The van der Waals surface area contributed by atoms with E-state index < -0.39 is 0 Å². The maximum Gasteiger partial charge on any atom is -0.0383 e. The second kappa shape index (κ2) is 10.9. The average molecular weight is 387 g/mol. The topological polar surface area (TPSA) is 0 Å². The molecule has 0 aromatic carbocycles. The van der Waals surface area contributed by atoms with E-state index in [4.69, 9.17) is 0 Å². The monoisotopic (exact) mass is 386 g/mol. The van der Waals surface area contributed by atoms with Crippen molar-refractivity contribution in [3.05, 3.63) is 0 Å². The summed E-state index contributed by atoms with van der Waals surface area (Å²) in [4.78, 5) is 0. The van der Waals surface area contributed by atoms with Crippen LogP contribution in [0.15, 0.2) is 0 Å². The van der Waals surface area contributed by atoms with Crippen molar-refractivity contribution in [2.24, 2.45) is 41.4 Å². The lowest BCUT2D eigenvalue weighted by Crippen LogP contribution is -2.34. The molecule has 0 saturated heterocycles. The lowest BCUT2D eigenvalue weighted by Gasteiger charge is -2.45. The lowest BCUT2D eigenvalue weighted by molar-refractivity contribution is 0.0575. The molecule has 0 heteroatoms. The van der Waals surface area contributed by atoms with E-state index in [1.165, 1.54) is 44.9 Å². The number of fused-ring (bicyclic) bond motifs is 1. The van der Waals surface area contributed by atoms with Crippen molar-refractivity contribution in [2.45, 2.75) is 135 Å². The summed E-state index contributed by atoms with van der Waals surface area (Å²) in [6, 6.07) is 0. The summed E-state index contributed by atoms with van der Waals surface area (Å²) in [5.41, 5.74) is 0. The van der Waals surface area contributed by atoms with E-state index in [0.29, 0.717) is 0 Å². The Kier molecular flexibility index (Phi) is 8.24. The molecule has 0 aromatic heterocycles. The van der Waals surface area contributed by atoms with Gasteiger partial charge in [-0.05, 0) is 99.2 Å². The van der Waals surface area contributed by atoms with E-state index in [1.807, 2.05) is 0 Å². The molecule has 28 heavy (non-hydrogen) atoms. The minimum absolute atomic E-state index is 1.09. The van der Waals surface area contributed by atoms with Gasteiger partial charge in [0.15, 0.2) is 0 Å². The Morgan fingerprint density at radius 1 is 0.607 bits per heavy atom. The van der Waals surface area contributed by atoms with E-state index in [-0.39, 0.29) is 0 Å². The Labute approximate surface area is 177 Å².